The summed E-state index contributed by atoms with van der Waals surface area (Å²) in [5.41, 5.74) is 1.09. The molecule has 3 aliphatic rings. The molecule has 0 amide bonds. The molecule has 3 saturated heterocycles. The fourth-order valence-corrected chi connectivity index (χ4v) is 3.65. The Balaban J connectivity index is 1.47. The normalized spacial score (nSPS) is 38.8. The van der Waals surface area contributed by atoms with Crippen LogP contribution in [-0.4, -0.2) is 48.9 Å². The van der Waals surface area contributed by atoms with Gasteiger partial charge in [0.2, 0.25) is 0 Å². The predicted octanol–water partition coefficient (Wildman–Crippen LogP) is 2.60. The topological polar surface area (TPSA) is 55.4 Å². The molecule has 3 aliphatic heterocycles. The van der Waals surface area contributed by atoms with Gasteiger partial charge in [-0.05, 0) is 33.3 Å². The van der Waals surface area contributed by atoms with Crippen molar-refractivity contribution >= 4 is 0 Å². The zero-order valence-electron chi connectivity index (χ0n) is 15.1. The Hall–Kier alpha value is -1.02. The maximum absolute atomic E-state index is 6.14. The van der Waals surface area contributed by atoms with Crippen molar-refractivity contribution in [3.8, 4) is 0 Å². The Bertz CT molecular complexity index is 601. The average molecular weight is 350 g/mol. The van der Waals surface area contributed by atoms with Crippen LogP contribution in [0.2, 0.25) is 0 Å². The van der Waals surface area contributed by atoms with E-state index < -0.39 is 17.9 Å². The Morgan fingerprint density at radius 1 is 0.920 bits per heavy atom. The van der Waals surface area contributed by atoms with Crippen molar-refractivity contribution in [3.05, 3.63) is 35.9 Å². The first-order valence-corrected chi connectivity index (χ1v) is 8.81. The number of hydrogen-bond acceptors (Lipinski definition) is 6. The second kappa shape index (κ2) is 6.30. The molecule has 6 heteroatoms. The highest BCUT2D eigenvalue weighted by Crippen LogP contribution is 2.42. The molecular weight excluding hydrogens is 324 g/mol. The van der Waals surface area contributed by atoms with E-state index >= 15 is 0 Å². The molecule has 4 rings (SSSR count). The smallest absolute Gasteiger partial charge is 0.187 e. The second-order valence-corrected chi connectivity index (χ2v) is 7.70. The lowest BCUT2D eigenvalue weighted by molar-refractivity contribution is -0.250. The van der Waals surface area contributed by atoms with Gasteiger partial charge in [0.25, 0.3) is 0 Å². The van der Waals surface area contributed by atoms with Crippen LogP contribution in [0, 0.1) is 0 Å². The first-order chi connectivity index (χ1) is 11.8. The van der Waals surface area contributed by atoms with Crippen LogP contribution >= 0.6 is 0 Å². The molecule has 6 nitrogen and oxygen atoms in total. The van der Waals surface area contributed by atoms with Gasteiger partial charge >= 0.3 is 0 Å². The van der Waals surface area contributed by atoms with Crippen molar-refractivity contribution in [2.75, 3.05) is 6.61 Å². The number of rotatable bonds is 4. The monoisotopic (exact) mass is 350 g/mol. The molecule has 2 unspecified atom stereocenters. The fraction of sp³-hybridized carbons (Fsp3) is 0.684. The summed E-state index contributed by atoms with van der Waals surface area (Å²) >= 11 is 0. The third-order valence-corrected chi connectivity index (χ3v) is 4.70. The maximum atomic E-state index is 6.14. The SMILES string of the molecule is CC1(C)OCC([C@H]2O[C@H](OCc3ccccc3)C3OC(C)(C)O[C@@H]32)O1. The summed E-state index contributed by atoms with van der Waals surface area (Å²) in [6.07, 6.45) is -1.50. The summed E-state index contributed by atoms with van der Waals surface area (Å²) in [5.74, 6) is -1.28. The first-order valence-electron chi connectivity index (χ1n) is 8.81. The summed E-state index contributed by atoms with van der Waals surface area (Å²) in [4.78, 5) is 0. The summed E-state index contributed by atoms with van der Waals surface area (Å²) in [5, 5.41) is 0. The number of benzene rings is 1. The lowest BCUT2D eigenvalue weighted by Gasteiger charge is -2.27. The van der Waals surface area contributed by atoms with E-state index in [1.54, 1.807) is 0 Å². The second-order valence-electron chi connectivity index (χ2n) is 7.70. The largest absolute Gasteiger partial charge is 0.348 e. The van der Waals surface area contributed by atoms with Gasteiger partial charge in [-0.15, -0.1) is 0 Å². The van der Waals surface area contributed by atoms with Gasteiger partial charge in [-0.25, -0.2) is 0 Å². The van der Waals surface area contributed by atoms with Gasteiger partial charge < -0.3 is 28.4 Å². The van der Waals surface area contributed by atoms with E-state index in [1.165, 1.54) is 0 Å². The molecule has 25 heavy (non-hydrogen) atoms. The molecule has 1 aromatic carbocycles. The molecule has 1 aromatic rings. The van der Waals surface area contributed by atoms with Crippen LogP contribution in [0.15, 0.2) is 30.3 Å². The Labute approximate surface area is 148 Å². The maximum Gasteiger partial charge on any atom is 0.187 e. The van der Waals surface area contributed by atoms with Crippen LogP contribution in [0.1, 0.15) is 33.3 Å². The minimum Gasteiger partial charge on any atom is -0.348 e. The first kappa shape index (κ1) is 17.4. The van der Waals surface area contributed by atoms with Crippen LogP contribution in [0.4, 0.5) is 0 Å². The van der Waals surface area contributed by atoms with Gasteiger partial charge in [0, 0.05) is 0 Å². The van der Waals surface area contributed by atoms with Crippen molar-refractivity contribution < 1.29 is 28.4 Å². The van der Waals surface area contributed by atoms with E-state index in [4.69, 9.17) is 28.4 Å². The highest BCUT2D eigenvalue weighted by molar-refractivity contribution is 5.13. The quantitative estimate of drug-likeness (QED) is 0.832. The Morgan fingerprint density at radius 2 is 1.64 bits per heavy atom. The molecule has 0 saturated carbocycles. The highest BCUT2D eigenvalue weighted by Gasteiger charge is 2.59. The van der Waals surface area contributed by atoms with Crippen LogP contribution in [0.25, 0.3) is 0 Å². The fourth-order valence-electron chi connectivity index (χ4n) is 3.65. The van der Waals surface area contributed by atoms with E-state index in [9.17, 15) is 0 Å². The minimum atomic E-state index is -0.666. The van der Waals surface area contributed by atoms with Gasteiger partial charge in [0.15, 0.2) is 17.9 Å². The van der Waals surface area contributed by atoms with E-state index in [-0.39, 0.29) is 24.4 Å². The third kappa shape index (κ3) is 3.60. The highest BCUT2D eigenvalue weighted by atomic mass is 16.8. The molecule has 0 aromatic heterocycles. The molecule has 0 spiro atoms. The van der Waals surface area contributed by atoms with Crippen LogP contribution in [0.3, 0.4) is 0 Å². The molecule has 3 fully saturated rings. The number of fused-ring (bicyclic) bond motifs is 1. The predicted molar refractivity (Wildman–Crippen MR) is 88.6 cm³/mol. The molecule has 0 aliphatic carbocycles. The summed E-state index contributed by atoms with van der Waals surface area (Å²) in [6.45, 7) is 8.55. The van der Waals surface area contributed by atoms with Crippen molar-refractivity contribution in [1.29, 1.82) is 0 Å². The molecule has 0 radical (unpaired) electrons. The van der Waals surface area contributed by atoms with E-state index in [2.05, 4.69) is 0 Å². The average Bonchev–Trinajstić information content (AvgIpc) is 3.17. The van der Waals surface area contributed by atoms with Gasteiger partial charge in [-0.3, -0.25) is 0 Å². The number of hydrogen-bond donors (Lipinski definition) is 0. The Morgan fingerprint density at radius 3 is 2.32 bits per heavy atom. The molecule has 3 heterocycles. The van der Waals surface area contributed by atoms with Crippen molar-refractivity contribution in [2.45, 2.75) is 76.6 Å². The number of ether oxygens (including phenoxy) is 6. The third-order valence-electron chi connectivity index (χ3n) is 4.70. The molecule has 5 atom stereocenters. The van der Waals surface area contributed by atoms with Crippen molar-refractivity contribution in [2.24, 2.45) is 0 Å². The van der Waals surface area contributed by atoms with E-state index in [1.807, 2.05) is 58.0 Å². The molecule has 0 N–H and O–H groups in total. The Kier molecular flexibility index (Phi) is 4.38. The van der Waals surface area contributed by atoms with Gasteiger partial charge in [0.1, 0.15) is 24.4 Å². The van der Waals surface area contributed by atoms with Gasteiger partial charge in [-0.1, -0.05) is 30.3 Å². The van der Waals surface area contributed by atoms with Gasteiger partial charge in [0.05, 0.1) is 13.2 Å². The zero-order valence-corrected chi connectivity index (χ0v) is 15.1. The molecule has 0 bridgehead atoms. The molecule has 138 valence electrons. The van der Waals surface area contributed by atoms with Crippen LogP contribution in [0.5, 0.6) is 0 Å². The van der Waals surface area contributed by atoms with Gasteiger partial charge in [-0.2, -0.15) is 0 Å². The lowest BCUT2D eigenvalue weighted by atomic mass is 10.1. The molecular formula is C19H26O6. The van der Waals surface area contributed by atoms with Crippen molar-refractivity contribution in [3.63, 3.8) is 0 Å². The van der Waals surface area contributed by atoms with E-state index in [0.717, 1.165) is 5.56 Å². The standard InChI is InChI=1S/C19H26O6/c1-18(2)21-11-13(23-18)14-15-16(25-19(3,4)24-15)17(22-14)20-10-12-8-6-5-7-9-12/h5-9,13-17H,10-11H2,1-4H3/t13?,14-,15-,16?,17+/m1/s1. The van der Waals surface area contributed by atoms with E-state index in [0.29, 0.717) is 13.2 Å². The summed E-state index contributed by atoms with van der Waals surface area (Å²) in [6, 6.07) is 10.0. The summed E-state index contributed by atoms with van der Waals surface area (Å²) < 4.78 is 36.0. The minimum absolute atomic E-state index is 0.203. The summed E-state index contributed by atoms with van der Waals surface area (Å²) in [7, 11) is 0. The van der Waals surface area contributed by atoms with Crippen LogP contribution in [-0.2, 0) is 35.0 Å². The zero-order chi connectivity index (χ0) is 17.7. The lowest BCUT2D eigenvalue weighted by Crippen LogP contribution is -2.40. The van der Waals surface area contributed by atoms with Crippen LogP contribution < -0.4 is 0 Å². The van der Waals surface area contributed by atoms with Crippen molar-refractivity contribution in [1.82, 2.24) is 0 Å².